The van der Waals surface area contributed by atoms with Crippen LogP contribution in [0.5, 0.6) is 5.75 Å². The average Bonchev–Trinajstić information content (AvgIpc) is 2.86. The summed E-state index contributed by atoms with van der Waals surface area (Å²) in [5.74, 6) is 0.587. The number of hydrogen-bond acceptors (Lipinski definition) is 2. The van der Waals surface area contributed by atoms with Gasteiger partial charge in [-0.2, -0.15) is 0 Å². The van der Waals surface area contributed by atoms with Gasteiger partial charge in [0.1, 0.15) is 5.75 Å². The molecule has 1 saturated heterocycles. The van der Waals surface area contributed by atoms with E-state index in [-0.39, 0.29) is 11.5 Å². The van der Waals surface area contributed by atoms with Crippen LogP contribution in [-0.4, -0.2) is 19.3 Å². The van der Waals surface area contributed by atoms with E-state index < -0.39 is 0 Å². The minimum absolute atomic E-state index is 0.0122. The van der Waals surface area contributed by atoms with Crippen LogP contribution in [0.3, 0.4) is 0 Å². The molecule has 1 aliphatic rings. The van der Waals surface area contributed by atoms with Crippen molar-refractivity contribution < 1.29 is 9.47 Å². The van der Waals surface area contributed by atoms with Crippen LogP contribution in [0.4, 0.5) is 0 Å². The lowest BCUT2D eigenvalue weighted by Crippen LogP contribution is -2.13. The van der Waals surface area contributed by atoms with Crippen LogP contribution >= 0.6 is 34.8 Å². The van der Waals surface area contributed by atoms with E-state index in [0.29, 0.717) is 22.4 Å². The highest BCUT2D eigenvalue weighted by Crippen LogP contribution is 2.40. The van der Waals surface area contributed by atoms with Gasteiger partial charge in [0.15, 0.2) is 0 Å². The molecule has 2 rings (SSSR count). The van der Waals surface area contributed by atoms with Crippen molar-refractivity contribution in [2.24, 2.45) is 0 Å². The topological polar surface area (TPSA) is 18.5 Å². The predicted molar refractivity (Wildman–Crippen MR) is 75.2 cm³/mol. The number of benzene rings is 1. The summed E-state index contributed by atoms with van der Waals surface area (Å²) in [7, 11) is 0. The van der Waals surface area contributed by atoms with E-state index in [1.54, 1.807) is 12.1 Å². The molecule has 18 heavy (non-hydrogen) atoms. The molecule has 0 radical (unpaired) electrons. The molecule has 0 spiro atoms. The first kappa shape index (κ1) is 14.3. The van der Waals surface area contributed by atoms with Crippen molar-refractivity contribution in [3.05, 3.63) is 27.7 Å². The van der Waals surface area contributed by atoms with Crippen LogP contribution in [0.15, 0.2) is 12.1 Å². The molecule has 1 fully saturated rings. The quantitative estimate of drug-likeness (QED) is 0.740. The molecule has 0 N–H and O–H groups in total. The fourth-order valence-electron chi connectivity index (χ4n) is 2.06. The first-order valence-corrected chi connectivity index (χ1v) is 7.20. The standard InChI is InChI=1S/C13H15Cl3O2/c1-2-17-12-7-9(14)8(6-10(12)15)13(16)11-4-3-5-18-11/h6-7,11,13H,2-5H2,1H3. The second-order valence-electron chi connectivity index (χ2n) is 4.19. The molecule has 5 heteroatoms. The Kier molecular flexibility index (Phi) is 5.02. The largest absolute Gasteiger partial charge is 0.492 e. The lowest BCUT2D eigenvalue weighted by atomic mass is 10.0. The summed E-state index contributed by atoms with van der Waals surface area (Å²) in [6.45, 7) is 3.20. The van der Waals surface area contributed by atoms with Gasteiger partial charge in [-0.1, -0.05) is 23.2 Å². The first-order valence-electron chi connectivity index (χ1n) is 6.01. The summed E-state index contributed by atoms with van der Waals surface area (Å²) in [5, 5.41) is 0.825. The Bertz CT molecular complexity index is 417. The Morgan fingerprint density at radius 3 is 2.78 bits per heavy atom. The summed E-state index contributed by atoms with van der Waals surface area (Å²) in [5.41, 5.74) is 0.804. The van der Waals surface area contributed by atoms with E-state index in [1.807, 2.05) is 6.92 Å². The number of hydrogen-bond donors (Lipinski definition) is 0. The molecule has 2 unspecified atom stereocenters. The zero-order valence-corrected chi connectivity index (χ0v) is 12.4. The molecule has 0 aromatic heterocycles. The fraction of sp³-hybridized carbons (Fsp3) is 0.538. The Labute approximate surface area is 122 Å². The molecule has 0 amide bonds. The van der Waals surface area contributed by atoms with Gasteiger partial charge in [-0.15, -0.1) is 11.6 Å². The Balaban J connectivity index is 2.24. The third kappa shape index (κ3) is 3.05. The van der Waals surface area contributed by atoms with Crippen LogP contribution in [0.1, 0.15) is 30.7 Å². The molecular weight excluding hydrogens is 294 g/mol. The highest BCUT2D eigenvalue weighted by Gasteiger charge is 2.27. The molecule has 1 aromatic rings. The van der Waals surface area contributed by atoms with Crippen LogP contribution < -0.4 is 4.74 Å². The molecule has 0 aliphatic carbocycles. The van der Waals surface area contributed by atoms with Gasteiger partial charge < -0.3 is 9.47 Å². The maximum Gasteiger partial charge on any atom is 0.139 e. The molecule has 2 atom stereocenters. The van der Waals surface area contributed by atoms with Gasteiger partial charge in [0.2, 0.25) is 0 Å². The molecule has 1 heterocycles. The van der Waals surface area contributed by atoms with Gasteiger partial charge in [0, 0.05) is 17.7 Å². The van der Waals surface area contributed by atoms with Crippen molar-refractivity contribution in [3.63, 3.8) is 0 Å². The van der Waals surface area contributed by atoms with E-state index >= 15 is 0 Å². The van der Waals surface area contributed by atoms with Crippen molar-refractivity contribution in [1.82, 2.24) is 0 Å². The summed E-state index contributed by atoms with van der Waals surface area (Å²) in [6.07, 6.45) is 2.00. The van der Waals surface area contributed by atoms with Gasteiger partial charge in [0.25, 0.3) is 0 Å². The molecule has 0 saturated carbocycles. The van der Waals surface area contributed by atoms with Crippen molar-refractivity contribution in [2.45, 2.75) is 31.2 Å². The summed E-state index contributed by atoms with van der Waals surface area (Å²) < 4.78 is 11.0. The van der Waals surface area contributed by atoms with Gasteiger partial charge in [-0.25, -0.2) is 0 Å². The normalized spacial score (nSPS) is 21.0. The van der Waals surface area contributed by atoms with E-state index in [4.69, 9.17) is 44.3 Å². The van der Waals surface area contributed by atoms with Crippen LogP contribution in [0, 0.1) is 0 Å². The van der Waals surface area contributed by atoms with Crippen LogP contribution in [0.25, 0.3) is 0 Å². The Morgan fingerprint density at radius 2 is 2.17 bits per heavy atom. The Morgan fingerprint density at radius 1 is 1.39 bits per heavy atom. The zero-order valence-electron chi connectivity index (χ0n) is 10.1. The second kappa shape index (κ2) is 6.33. The number of ether oxygens (including phenoxy) is 2. The zero-order chi connectivity index (χ0) is 13.1. The third-order valence-corrected chi connectivity index (χ3v) is 4.08. The maximum atomic E-state index is 6.41. The Hall–Kier alpha value is -0.150. The van der Waals surface area contributed by atoms with Gasteiger partial charge >= 0.3 is 0 Å². The van der Waals surface area contributed by atoms with Crippen LogP contribution in [0.2, 0.25) is 10.0 Å². The van der Waals surface area contributed by atoms with Crippen molar-refractivity contribution in [2.75, 3.05) is 13.2 Å². The minimum Gasteiger partial charge on any atom is -0.492 e. The van der Waals surface area contributed by atoms with E-state index in [0.717, 1.165) is 25.0 Å². The summed E-state index contributed by atoms with van der Waals surface area (Å²) in [4.78, 5) is 0. The van der Waals surface area contributed by atoms with E-state index in [9.17, 15) is 0 Å². The minimum atomic E-state index is -0.270. The molecule has 100 valence electrons. The lowest BCUT2D eigenvalue weighted by Gasteiger charge is -2.19. The van der Waals surface area contributed by atoms with E-state index in [1.165, 1.54) is 0 Å². The van der Waals surface area contributed by atoms with Crippen molar-refractivity contribution in [3.8, 4) is 5.75 Å². The first-order chi connectivity index (χ1) is 8.63. The SMILES string of the molecule is CCOc1cc(Cl)c(C(Cl)C2CCCO2)cc1Cl. The van der Waals surface area contributed by atoms with Gasteiger partial charge in [-0.3, -0.25) is 0 Å². The lowest BCUT2D eigenvalue weighted by molar-refractivity contribution is 0.107. The fourth-order valence-corrected chi connectivity index (χ4v) is 2.99. The summed E-state index contributed by atoms with van der Waals surface area (Å²) >= 11 is 18.8. The number of rotatable bonds is 4. The summed E-state index contributed by atoms with van der Waals surface area (Å²) in [6, 6.07) is 3.49. The van der Waals surface area contributed by atoms with Crippen molar-refractivity contribution >= 4 is 34.8 Å². The molecule has 0 bridgehead atoms. The maximum absolute atomic E-state index is 6.41. The second-order valence-corrected chi connectivity index (χ2v) is 5.47. The van der Waals surface area contributed by atoms with Gasteiger partial charge in [0.05, 0.1) is 23.1 Å². The molecule has 1 aliphatic heterocycles. The van der Waals surface area contributed by atoms with E-state index in [2.05, 4.69) is 0 Å². The predicted octanol–water partition coefficient (Wildman–Crippen LogP) is 4.85. The monoisotopic (exact) mass is 308 g/mol. The van der Waals surface area contributed by atoms with Crippen molar-refractivity contribution in [1.29, 1.82) is 0 Å². The number of halogens is 3. The highest BCUT2D eigenvalue weighted by molar-refractivity contribution is 6.35. The third-order valence-electron chi connectivity index (χ3n) is 2.94. The number of alkyl halides is 1. The smallest absolute Gasteiger partial charge is 0.139 e. The molecule has 1 aromatic carbocycles. The molecular formula is C13H15Cl3O2. The van der Waals surface area contributed by atoms with Crippen LogP contribution in [-0.2, 0) is 4.74 Å². The van der Waals surface area contributed by atoms with Gasteiger partial charge in [-0.05, 0) is 31.4 Å². The highest BCUT2D eigenvalue weighted by atomic mass is 35.5. The molecule has 2 nitrogen and oxygen atoms in total. The average molecular weight is 310 g/mol.